The number of carbonyl (C=O) groups excluding carboxylic acids is 1. The number of fused-ring (bicyclic) bond motifs is 1. The lowest BCUT2D eigenvalue weighted by Crippen LogP contribution is -2.30. The summed E-state index contributed by atoms with van der Waals surface area (Å²) >= 11 is 0. The van der Waals surface area contributed by atoms with Crippen LogP contribution in [0.2, 0.25) is 0 Å². The first-order valence-electron chi connectivity index (χ1n) is 6.61. The minimum Gasteiger partial charge on any atom is -0.465 e. The smallest absolute Gasteiger partial charge is 0.327 e. The summed E-state index contributed by atoms with van der Waals surface area (Å²) in [6, 6.07) is 7.31. The zero-order valence-corrected chi connectivity index (χ0v) is 11.5. The molecule has 0 aliphatic rings. The summed E-state index contributed by atoms with van der Waals surface area (Å²) in [5, 5.41) is 5.13. The molecule has 1 heterocycles. The Balaban J connectivity index is 2.44. The van der Waals surface area contributed by atoms with Crippen molar-refractivity contribution < 1.29 is 9.53 Å². The van der Waals surface area contributed by atoms with Crippen molar-refractivity contribution >= 4 is 16.7 Å². The van der Waals surface area contributed by atoms with Crippen LogP contribution in [0.15, 0.2) is 49.3 Å². The van der Waals surface area contributed by atoms with E-state index in [4.69, 9.17) is 4.74 Å². The van der Waals surface area contributed by atoms with Crippen molar-refractivity contribution in [3.8, 4) is 0 Å². The van der Waals surface area contributed by atoms with Gasteiger partial charge in [-0.3, -0.25) is 10.3 Å². The fourth-order valence-corrected chi connectivity index (χ4v) is 2.12. The standard InChI is InChI=1S/C16H18N2O2/c1-3-9-18-15(16(19)20-4-2)14-11-17-10-12-7-5-6-8-13(12)14/h3,5-8,10-11,15,18H,1,4,9H2,2H3. The monoisotopic (exact) mass is 270 g/mol. The van der Waals surface area contributed by atoms with Crippen LogP contribution in [0, 0.1) is 0 Å². The third kappa shape index (κ3) is 3.03. The van der Waals surface area contributed by atoms with Crippen LogP contribution in [0.5, 0.6) is 0 Å². The van der Waals surface area contributed by atoms with Gasteiger partial charge >= 0.3 is 5.97 Å². The lowest BCUT2D eigenvalue weighted by atomic mass is 10.0. The Labute approximate surface area is 118 Å². The van der Waals surface area contributed by atoms with E-state index in [0.29, 0.717) is 13.2 Å². The molecule has 1 aromatic heterocycles. The van der Waals surface area contributed by atoms with E-state index in [9.17, 15) is 4.79 Å². The van der Waals surface area contributed by atoms with Crippen molar-refractivity contribution in [1.29, 1.82) is 0 Å². The minimum absolute atomic E-state index is 0.299. The van der Waals surface area contributed by atoms with Gasteiger partial charge in [-0.1, -0.05) is 30.3 Å². The molecule has 20 heavy (non-hydrogen) atoms. The number of hydrogen-bond donors (Lipinski definition) is 1. The van der Waals surface area contributed by atoms with Crippen LogP contribution in [0.4, 0.5) is 0 Å². The maximum atomic E-state index is 12.1. The third-order valence-electron chi connectivity index (χ3n) is 3.00. The minimum atomic E-state index is -0.536. The van der Waals surface area contributed by atoms with Gasteiger partial charge < -0.3 is 4.74 Å². The van der Waals surface area contributed by atoms with E-state index in [0.717, 1.165) is 16.3 Å². The fourth-order valence-electron chi connectivity index (χ4n) is 2.12. The van der Waals surface area contributed by atoms with Crippen LogP contribution in [-0.2, 0) is 9.53 Å². The molecule has 0 fully saturated rings. The molecule has 4 heteroatoms. The van der Waals surface area contributed by atoms with E-state index >= 15 is 0 Å². The van der Waals surface area contributed by atoms with E-state index in [-0.39, 0.29) is 5.97 Å². The number of ether oxygens (including phenoxy) is 1. The van der Waals surface area contributed by atoms with Crippen molar-refractivity contribution in [1.82, 2.24) is 10.3 Å². The van der Waals surface area contributed by atoms with Gasteiger partial charge in [0.1, 0.15) is 6.04 Å². The molecule has 1 unspecified atom stereocenters. The quantitative estimate of drug-likeness (QED) is 0.647. The predicted octanol–water partition coefficient (Wildman–Crippen LogP) is 2.61. The summed E-state index contributed by atoms with van der Waals surface area (Å²) in [7, 11) is 0. The summed E-state index contributed by atoms with van der Waals surface area (Å²) in [5.74, 6) is -0.299. The Hall–Kier alpha value is -2.20. The number of hydrogen-bond acceptors (Lipinski definition) is 4. The van der Waals surface area contributed by atoms with E-state index in [1.807, 2.05) is 24.3 Å². The number of rotatable bonds is 6. The van der Waals surface area contributed by atoms with Gasteiger partial charge in [-0.25, -0.2) is 4.79 Å². The van der Waals surface area contributed by atoms with E-state index in [2.05, 4.69) is 16.9 Å². The molecule has 2 rings (SSSR count). The number of benzene rings is 1. The molecule has 2 aromatic rings. The van der Waals surface area contributed by atoms with Crippen LogP contribution >= 0.6 is 0 Å². The topological polar surface area (TPSA) is 51.2 Å². The van der Waals surface area contributed by atoms with Gasteiger partial charge in [-0.15, -0.1) is 6.58 Å². The van der Waals surface area contributed by atoms with Crippen LogP contribution in [0.1, 0.15) is 18.5 Å². The summed E-state index contributed by atoms with van der Waals surface area (Å²) in [4.78, 5) is 16.4. The van der Waals surface area contributed by atoms with Crippen molar-refractivity contribution in [2.24, 2.45) is 0 Å². The Bertz CT molecular complexity index is 605. The summed E-state index contributed by atoms with van der Waals surface area (Å²) in [5.41, 5.74) is 0.823. The average Bonchev–Trinajstić information content (AvgIpc) is 2.48. The van der Waals surface area contributed by atoms with Gasteiger partial charge in [-0.05, 0) is 12.3 Å². The first-order chi connectivity index (χ1) is 9.77. The average molecular weight is 270 g/mol. The van der Waals surface area contributed by atoms with Crippen molar-refractivity contribution in [3.63, 3.8) is 0 Å². The molecule has 0 aliphatic heterocycles. The molecular formula is C16H18N2O2. The fraction of sp³-hybridized carbons (Fsp3) is 0.250. The number of nitrogens with zero attached hydrogens (tertiary/aromatic N) is 1. The maximum absolute atomic E-state index is 12.1. The molecule has 1 atom stereocenters. The van der Waals surface area contributed by atoms with Crippen molar-refractivity contribution in [2.75, 3.05) is 13.2 Å². The largest absolute Gasteiger partial charge is 0.465 e. The van der Waals surface area contributed by atoms with Gasteiger partial charge in [0, 0.05) is 29.9 Å². The normalized spacial score (nSPS) is 12.1. The molecule has 0 spiro atoms. The molecule has 4 nitrogen and oxygen atoms in total. The van der Waals surface area contributed by atoms with E-state index in [1.54, 1.807) is 25.4 Å². The van der Waals surface area contributed by atoms with Gasteiger partial charge in [0.05, 0.1) is 6.61 Å². The number of aromatic nitrogens is 1. The van der Waals surface area contributed by atoms with Crippen LogP contribution < -0.4 is 5.32 Å². The second kappa shape index (κ2) is 6.82. The Morgan fingerprint density at radius 1 is 1.45 bits per heavy atom. The number of pyridine rings is 1. The number of esters is 1. The summed E-state index contributed by atoms with van der Waals surface area (Å²) in [6.45, 7) is 6.33. The van der Waals surface area contributed by atoms with Crippen LogP contribution in [-0.4, -0.2) is 24.1 Å². The highest BCUT2D eigenvalue weighted by atomic mass is 16.5. The van der Waals surface area contributed by atoms with Gasteiger partial charge in [-0.2, -0.15) is 0 Å². The first kappa shape index (κ1) is 14.2. The highest BCUT2D eigenvalue weighted by molar-refractivity contribution is 5.90. The highest BCUT2D eigenvalue weighted by Crippen LogP contribution is 2.24. The summed E-state index contributed by atoms with van der Waals surface area (Å²) < 4.78 is 5.14. The zero-order valence-electron chi connectivity index (χ0n) is 11.5. The zero-order chi connectivity index (χ0) is 14.4. The Morgan fingerprint density at radius 3 is 3.00 bits per heavy atom. The Kier molecular flexibility index (Phi) is 4.85. The van der Waals surface area contributed by atoms with Crippen molar-refractivity contribution in [3.05, 3.63) is 54.9 Å². The third-order valence-corrected chi connectivity index (χ3v) is 3.00. The summed E-state index contributed by atoms with van der Waals surface area (Å²) in [6.07, 6.45) is 5.21. The lowest BCUT2D eigenvalue weighted by Gasteiger charge is -2.18. The van der Waals surface area contributed by atoms with Gasteiger partial charge in [0.15, 0.2) is 0 Å². The first-order valence-corrected chi connectivity index (χ1v) is 6.61. The van der Waals surface area contributed by atoms with Crippen molar-refractivity contribution in [2.45, 2.75) is 13.0 Å². The molecular weight excluding hydrogens is 252 g/mol. The molecule has 0 radical (unpaired) electrons. The number of carbonyl (C=O) groups is 1. The lowest BCUT2D eigenvalue weighted by molar-refractivity contribution is -0.145. The molecule has 104 valence electrons. The SMILES string of the molecule is C=CCNC(C(=O)OCC)c1cncc2ccccc12. The van der Waals surface area contributed by atoms with Crippen LogP contribution in [0.3, 0.4) is 0 Å². The van der Waals surface area contributed by atoms with E-state index in [1.165, 1.54) is 0 Å². The maximum Gasteiger partial charge on any atom is 0.327 e. The van der Waals surface area contributed by atoms with Gasteiger partial charge in [0.25, 0.3) is 0 Å². The second-order valence-corrected chi connectivity index (χ2v) is 4.33. The molecule has 0 saturated carbocycles. The van der Waals surface area contributed by atoms with Gasteiger partial charge in [0.2, 0.25) is 0 Å². The molecule has 1 aromatic carbocycles. The molecule has 0 saturated heterocycles. The molecule has 0 amide bonds. The molecule has 0 aliphatic carbocycles. The second-order valence-electron chi connectivity index (χ2n) is 4.33. The van der Waals surface area contributed by atoms with E-state index < -0.39 is 6.04 Å². The molecule has 1 N–H and O–H groups in total. The highest BCUT2D eigenvalue weighted by Gasteiger charge is 2.23. The molecule has 0 bridgehead atoms. The number of nitrogens with one attached hydrogen (secondary N) is 1. The Morgan fingerprint density at radius 2 is 2.25 bits per heavy atom. The van der Waals surface area contributed by atoms with Crippen LogP contribution in [0.25, 0.3) is 10.8 Å². The predicted molar refractivity (Wildman–Crippen MR) is 79.3 cm³/mol.